The number of aromatic nitrogens is 2. The monoisotopic (exact) mass is 782 g/mol. The van der Waals surface area contributed by atoms with Gasteiger partial charge in [-0.15, -0.1) is 0 Å². The van der Waals surface area contributed by atoms with Crippen LogP contribution in [0.15, 0.2) is 188 Å². The lowest BCUT2D eigenvalue weighted by molar-refractivity contribution is 0.592. The van der Waals surface area contributed by atoms with Gasteiger partial charge in [-0.1, -0.05) is 164 Å². The molecule has 0 N–H and O–H groups in total. The van der Waals surface area contributed by atoms with Gasteiger partial charge in [0.25, 0.3) is 0 Å². The smallest absolute Gasteiger partial charge is 0.171 e. The fraction of sp³-hybridized carbons (Fsp3) is 0. The Hall–Kier alpha value is -7.95. The van der Waals surface area contributed by atoms with Gasteiger partial charge in [0, 0.05) is 70.1 Å². The van der Waals surface area contributed by atoms with Gasteiger partial charge in [-0.3, -0.25) is 0 Å². The van der Waals surface area contributed by atoms with Gasteiger partial charge in [0.15, 0.2) is 7.14 Å². The summed E-state index contributed by atoms with van der Waals surface area (Å²) in [4.78, 5) is 10.6. The van der Waals surface area contributed by atoms with Crippen molar-refractivity contribution in [3.05, 3.63) is 199 Å². The SMILES string of the molecule is N#Cc1cc2c(-c3ccccc3)nc3cc(P(=O)(c4ccccc4)c4ccc5c(c4)nc(-c4ccccc4)c4cc(C#N)c6ccccc6c45)ccc3c2c2ccccc12. The molecule has 0 spiro atoms. The fourth-order valence-corrected chi connectivity index (χ4v) is 11.7. The first-order valence-electron chi connectivity index (χ1n) is 19.7. The zero-order valence-electron chi connectivity index (χ0n) is 32.0. The van der Waals surface area contributed by atoms with E-state index >= 15 is 4.57 Å². The third-order valence-electron chi connectivity index (χ3n) is 11.7. The zero-order chi connectivity index (χ0) is 40.4. The molecule has 0 saturated heterocycles. The molecule has 6 heteroatoms. The summed E-state index contributed by atoms with van der Waals surface area (Å²) in [7, 11) is -3.57. The lowest BCUT2D eigenvalue weighted by Gasteiger charge is -2.22. The topological polar surface area (TPSA) is 90.4 Å². The second-order valence-electron chi connectivity index (χ2n) is 15.0. The van der Waals surface area contributed by atoms with Crippen LogP contribution in [0.25, 0.3) is 87.4 Å². The molecule has 2 heterocycles. The molecule has 9 aromatic carbocycles. The maximum Gasteiger partial charge on any atom is 0.171 e. The number of pyridine rings is 2. The van der Waals surface area contributed by atoms with Crippen LogP contribution in [0.2, 0.25) is 0 Å². The van der Waals surface area contributed by atoms with Gasteiger partial charge in [0.1, 0.15) is 0 Å². The van der Waals surface area contributed by atoms with Crippen molar-refractivity contribution in [2.45, 2.75) is 0 Å². The second kappa shape index (κ2) is 13.9. The summed E-state index contributed by atoms with van der Waals surface area (Å²) in [5, 5.41) is 31.8. The Balaban J connectivity index is 1.21. The molecule has 5 nitrogen and oxygen atoms in total. The van der Waals surface area contributed by atoms with E-state index in [0.29, 0.717) is 38.1 Å². The van der Waals surface area contributed by atoms with Gasteiger partial charge in [0.2, 0.25) is 0 Å². The number of nitrogens with zero attached hydrogens (tertiary/aromatic N) is 4. The first-order valence-corrected chi connectivity index (χ1v) is 21.4. The van der Waals surface area contributed by atoms with Crippen molar-refractivity contribution in [3.63, 3.8) is 0 Å². The highest BCUT2D eigenvalue weighted by Crippen LogP contribution is 2.46. The molecular weight excluding hydrogens is 752 g/mol. The predicted molar refractivity (Wildman–Crippen MR) is 247 cm³/mol. The molecule has 0 bridgehead atoms. The number of hydrogen-bond acceptors (Lipinski definition) is 5. The van der Waals surface area contributed by atoms with Crippen LogP contribution in [0, 0.1) is 22.7 Å². The molecule has 0 aliphatic carbocycles. The van der Waals surface area contributed by atoms with E-state index in [0.717, 1.165) is 76.4 Å². The van der Waals surface area contributed by atoms with Crippen LogP contribution >= 0.6 is 7.14 Å². The molecule has 60 heavy (non-hydrogen) atoms. The molecule has 0 aliphatic rings. The molecular formula is C54H31N4OP. The Bertz CT molecular complexity index is 3480. The minimum Gasteiger partial charge on any atom is -0.309 e. The standard InChI is InChI=1S/C54H31N4OP/c55-32-36-28-47-51(43-22-12-10-20-41(36)43)45-26-24-39(30-49(45)57-53(47)34-14-4-1-5-15-34)60(59,38-18-8-3-9-19-38)40-25-27-46-50(31-40)58-54(35-16-6-2-7-17-35)48-29-37(33-56)42-21-11-13-23-44(42)52(46)48/h1-31H. The van der Waals surface area contributed by atoms with Crippen molar-refractivity contribution >= 4 is 88.0 Å². The molecule has 0 fully saturated rings. The molecule has 0 unspecified atom stereocenters. The summed E-state index contributed by atoms with van der Waals surface area (Å²) in [5.41, 5.74) is 5.97. The Morgan fingerprint density at radius 1 is 0.367 bits per heavy atom. The first-order chi connectivity index (χ1) is 29.5. The molecule has 0 saturated carbocycles. The summed E-state index contributed by atoms with van der Waals surface area (Å²) in [5.74, 6) is 0. The van der Waals surface area contributed by atoms with Crippen molar-refractivity contribution in [3.8, 4) is 34.7 Å². The predicted octanol–water partition coefficient (Wildman–Crippen LogP) is 12.1. The highest BCUT2D eigenvalue weighted by molar-refractivity contribution is 7.85. The summed E-state index contributed by atoms with van der Waals surface area (Å²) in [6.07, 6.45) is 0. The van der Waals surface area contributed by atoms with Crippen LogP contribution in [0.5, 0.6) is 0 Å². The number of hydrogen-bond donors (Lipinski definition) is 0. The molecule has 0 amide bonds. The van der Waals surface area contributed by atoms with Crippen LogP contribution in [0.3, 0.4) is 0 Å². The quantitative estimate of drug-likeness (QED) is 0.128. The second-order valence-corrected chi connectivity index (χ2v) is 17.8. The van der Waals surface area contributed by atoms with E-state index < -0.39 is 7.14 Å². The number of nitriles is 2. The molecule has 2 aromatic heterocycles. The van der Waals surface area contributed by atoms with Crippen molar-refractivity contribution in [2.24, 2.45) is 0 Å². The summed E-state index contributed by atoms with van der Waals surface area (Å²) >= 11 is 0. The lowest BCUT2D eigenvalue weighted by atomic mass is 9.92. The number of rotatable bonds is 5. The van der Waals surface area contributed by atoms with E-state index in [2.05, 4.69) is 24.3 Å². The summed E-state index contributed by atoms with van der Waals surface area (Å²) in [6, 6.07) is 66.6. The summed E-state index contributed by atoms with van der Waals surface area (Å²) in [6.45, 7) is 0. The van der Waals surface area contributed by atoms with Gasteiger partial charge in [-0.05, 0) is 35.0 Å². The molecule has 11 rings (SSSR count). The minimum atomic E-state index is -3.57. The highest BCUT2D eigenvalue weighted by atomic mass is 31.2. The van der Waals surface area contributed by atoms with E-state index in [1.54, 1.807) is 0 Å². The maximum absolute atomic E-state index is 16.4. The van der Waals surface area contributed by atoms with Crippen LogP contribution in [-0.2, 0) is 4.57 Å². The largest absolute Gasteiger partial charge is 0.309 e. The lowest BCUT2D eigenvalue weighted by Crippen LogP contribution is -2.25. The molecule has 0 aliphatic heterocycles. The molecule has 0 atom stereocenters. The Morgan fingerprint density at radius 2 is 0.750 bits per heavy atom. The van der Waals surface area contributed by atoms with Crippen LogP contribution in [0.4, 0.5) is 0 Å². The Kier molecular flexibility index (Phi) is 8.14. The van der Waals surface area contributed by atoms with Crippen LogP contribution < -0.4 is 15.9 Å². The van der Waals surface area contributed by atoms with Gasteiger partial charge < -0.3 is 4.57 Å². The van der Waals surface area contributed by atoms with Gasteiger partial charge in [0.05, 0.1) is 45.7 Å². The number of benzene rings is 9. The molecule has 0 radical (unpaired) electrons. The molecule has 11 aromatic rings. The van der Waals surface area contributed by atoms with Crippen molar-refractivity contribution in [2.75, 3.05) is 0 Å². The fourth-order valence-electron chi connectivity index (χ4n) is 9.01. The normalized spacial score (nSPS) is 11.7. The summed E-state index contributed by atoms with van der Waals surface area (Å²) < 4.78 is 16.4. The third kappa shape index (κ3) is 5.35. The van der Waals surface area contributed by atoms with Crippen molar-refractivity contribution < 1.29 is 4.57 Å². The first kappa shape index (κ1) is 35.2. The van der Waals surface area contributed by atoms with Crippen LogP contribution in [0.1, 0.15) is 11.1 Å². The average molecular weight is 783 g/mol. The number of fused-ring (bicyclic) bond motifs is 10. The maximum atomic E-state index is 16.4. The minimum absolute atomic E-state index is 0.591. The average Bonchev–Trinajstić information content (AvgIpc) is 3.32. The third-order valence-corrected chi connectivity index (χ3v) is 14.8. The van der Waals surface area contributed by atoms with E-state index in [4.69, 9.17) is 9.97 Å². The van der Waals surface area contributed by atoms with Gasteiger partial charge in [-0.25, -0.2) is 9.97 Å². The van der Waals surface area contributed by atoms with Crippen molar-refractivity contribution in [1.82, 2.24) is 9.97 Å². The van der Waals surface area contributed by atoms with Gasteiger partial charge >= 0.3 is 0 Å². The van der Waals surface area contributed by atoms with E-state index in [-0.39, 0.29) is 0 Å². The van der Waals surface area contributed by atoms with E-state index in [1.807, 2.05) is 176 Å². The van der Waals surface area contributed by atoms with Crippen molar-refractivity contribution in [1.29, 1.82) is 10.5 Å². The van der Waals surface area contributed by atoms with E-state index in [9.17, 15) is 10.5 Å². The van der Waals surface area contributed by atoms with Crippen LogP contribution in [-0.4, -0.2) is 9.97 Å². The Morgan fingerprint density at radius 3 is 1.17 bits per heavy atom. The van der Waals surface area contributed by atoms with E-state index in [1.165, 1.54) is 0 Å². The Labute approximate surface area is 345 Å². The highest BCUT2D eigenvalue weighted by Gasteiger charge is 2.31. The van der Waals surface area contributed by atoms with Gasteiger partial charge in [-0.2, -0.15) is 10.5 Å². The zero-order valence-corrected chi connectivity index (χ0v) is 32.9. The molecule has 278 valence electrons.